The Labute approximate surface area is 157 Å². The van der Waals surface area contributed by atoms with Crippen LogP contribution in [0.25, 0.3) is 16.5 Å². The normalized spacial score (nSPS) is 16.5. The predicted octanol–water partition coefficient (Wildman–Crippen LogP) is 4.73. The maximum Gasteiger partial charge on any atom is 0.254 e. The number of fused-ring (bicyclic) bond motifs is 2. The van der Waals surface area contributed by atoms with Crippen molar-refractivity contribution in [2.75, 3.05) is 13.1 Å². The average molecular weight is 360 g/mol. The van der Waals surface area contributed by atoms with Crippen LogP contribution >= 0.6 is 0 Å². The van der Waals surface area contributed by atoms with Crippen molar-refractivity contribution >= 4 is 22.4 Å². The van der Waals surface area contributed by atoms with Gasteiger partial charge in [-0.3, -0.25) is 4.79 Å². The molecule has 1 amide bonds. The number of aryl methyl sites for hydroxylation is 2. The largest absolute Gasteiger partial charge is 0.360 e. The van der Waals surface area contributed by atoms with Crippen LogP contribution in [0.2, 0.25) is 0 Å². The summed E-state index contributed by atoms with van der Waals surface area (Å²) < 4.78 is 13.4. The summed E-state index contributed by atoms with van der Waals surface area (Å²) in [6.07, 6.45) is 8.28. The molecule has 0 radical (unpaired) electrons. The first-order chi connectivity index (χ1) is 13.2. The van der Waals surface area contributed by atoms with Crippen LogP contribution in [-0.4, -0.2) is 28.9 Å². The Morgan fingerprint density at radius 1 is 1.04 bits per heavy atom. The molecule has 0 saturated carbocycles. The number of hydrogen-bond acceptors (Lipinski definition) is 1. The molecule has 3 aromatic rings. The van der Waals surface area contributed by atoms with E-state index in [0.717, 1.165) is 41.3 Å². The van der Waals surface area contributed by atoms with Crippen molar-refractivity contribution in [3.63, 3.8) is 0 Å². The van der Waals surface area contributed by atoms with E-state index in [-0.39, 0.29) is 11.7 Å². The molecule has 0 bridgehead atoms. The molecule has 0 unspecified atom stereocenters. The van der Waals surface area contributed by atoms with E-state index in [9.17, 15) is 9.18 Å². The number of benzene rings is 2. The van der Waals surface area contributed by atoms with Gasteiger partial charge in [-0.2, -0.15) is 0 Å². The Balaban J connectivity index is 1.37. The van der Waals surface area contributed by atoms with E-state index in [2.05, 4.69) is 23.2 Å². The third kappa shape index (κ3) is 2.85. The molecule has 2 aromatic carbocycles. The lowest BCUT2D eigenvalue weighted by Crippen LogP contribution is -2.34. The fraction of sp³-hybridized carbons (Fsp3) is 0.261. The van der Waals surface area contributed by atoms with E-state index in [1.54, 1.807) is 0 Å². The summed E-state index contributed by atoms with van der Waals surface area (Å²) in [5, 5.41) is 1.03. The first kappa shape index (κ1) is 16.3. The van der Waals surface area contributed by atoms with E-state index in [0.29, 0.717) is 13.1 Å². The van der Waals surface area contributed by atoms with Gasteiger partial charge in [0.15, 0.2) is 0 Å². The highest BCUT2D eigenvalue weighted by atomic mass is 19.1. The second-order valence-electron chi connectivity index (χ2n) is 7.46. The van der Waals surface area contributed by atoms with Crippen molar-refractivity contribution < 1.29 is 9.18 Å². The van der Waals surface area contributed by atoms with Gasteiger partial charge in [0.1, 0.15) is 5.82 Å². The highest BCUT2D eigenvalue weighted by molar-refractivity contribution is 5.96. The number of rotatable bonds is 2. The highest BCUT2D eigenvalue weighted by Crippen LogP contribution is 2.30. The van der Waals surface area contributed by atoms with E-state index >= 15 is 0 Å². The lowest BCUT2D eigenvalue weighted by molar-refractivity contribution is 0.0773. The lowest BCUT2D eigenvalue weighted by Gasteiger charge is -2.27. The fourth-order valence-corrected chi connectivity index (χ4v) is 4.35. The molecule has 0 spiro atoms. The first-order valence-corrected chi connectivity index (χ1v) is 9.56. The SMILES string of the molecule is O=C(c1ccc2c(c1)CCC2)N1CC=C(c2c[nH]c3cc(F)ccc23)CC1. The van der Waals surface area contributed by atoms with Crippen molar-refractivity contribution in [3.05, 3.63) is 76.7 Å². The van der Waals surface area contributed by atoms with Crippen LogP contribution in [0.4, 0.5) is 4.39 Å². The van der Waals surface area contributed by atoms with Crippen LogP contribution in [-0.2, 0) is 12.8 Å². The van der Waals surface area contributed by atoms with Crippen LogP contribution in [0.15, 0.2) is 48.7 Å². The van der Waals surface area contributed by atoms with Gasteiger partial charge in [-0.1, -0.05) is 12.1 Å². The number of carbonyl (C=O) groups is 1. The second-order valence-corrected chi connectivity index (χ2v) is 7.46. The summed E-state index contributed by atoms with van der Waals surface area (Å²) in [7, 11) is 0. The standard InChI is InChI=1S/C23H21FN2O/c24-19-6-7-20-21(14-25-22(20)13-19)16-8-10-26(11-9-16)23(27)18-5-4-15-2-1-3-17(15)12-18/h4-8,12-14,25H,1-3,9-11H2. The zero-order chi connectivity index (χ0) is 18.4. The van der Waals surface area contributed by atoms with Crippen LogP contribution in [0.3, 0.4) is 0 Å². The molecule has 0 fully saturated rings. The number of aromatic nitrogens is 1. The Kier molecular flexibility index (Phi) is 3.85. The number of nitrogens with zero attached hydrogens (tertiary/aromatic N) is 1. The number of nitrogens with one attached hydrogen (secondary N) is 1. The predicted molar refractivity (Wildman–Crippen MR) is 105 cm³/mol. The van der Waals surface area contributed by atoms with Gasteiger partial charge in [0, 0.05) is 41.3 Å². The fourth-order valence-electron chi connectivity index (χ4n) is 4.35. The van der Waals surface area contributed by atoms with Crippen LogP contribution in [0.1, 0.15) is 39.9 Å². The van der Waals surface area contributed by atoms with Gasteiger partial charge in [-0.15, -0.1) is 0 Å². The number of H-pyrrole nitrogens is 1. The molecule has 3 nitrogen and oxygen atoms in total. The molecular weight excluding hydrogens is 339 g/mol. The minimum absolute atomic E-state index is 0.112. The summed E-state index contributed by atoms with van der Waals surface area (Å²) in [6, 6.07) is 11.0. The summed E-state index contributed by atoms with van der Waals surface area (Å²) in [5.74, 6) is -0.124. The molecule has 136 valence electrons. The molecule has 4 heteroatoms. The van der Waals surface area contributed by atoms with Gasteiger partial charge in [0.2, 0.25) is 0 Å². The molecule has 1 N–H and O–H groups in total. The molecule has 1 aromatic heterocycles. The third-order valence-corrected chi connectivity index (χ3v) is 5.83. The quantitative estimate of drug-likeness (QED) is 0.705. The Hall–Kier alpha value is -2.88. The number of hydrogen-bond donors (Lipinski definition) is 1. The van der Waals surface area contributed by atoms with Gasteiger partial charge >= 0.3 is 0 Å². The zero-order valence-corrected chi connectivity index (χ0v) is 15.1. The van der Waals surface area contributed by atoms with Gasteiger partial charge in [-0.25, -0.2) is 4.39 Å². The molecule has 1 aliphatic heterocycles. The summed E-state index contributed by atoms with van der Waals surface area (Å²) in [5.41, 5.74) is 6.65. The van der Waals surface area contributed by atoms with Crippen LogP contribution in [0, 0.1) is 5.82 Å². The number of carbonyl (C=O) groups excluding carboxylic acids is 1. The first-order valence-electron chi connectivity index (χ1n) is 9.56. The molecule has 2 heterocycles. The van der Waals surface area contributed by atoms with Crippen LogP contribution < -0.4 is 0 Å². The Morgan fingerprint density at radius 3 is 2.78 bits per heavy atom. The second kappa shape index (κ2) is 6.38. The number of halogens is 1. The minimum Gasteiger partial charge on any atom is -0.360 e. The number of amides is 1. The summed E-state index contributed by atoms with van der Waals surface area (Å²) in [4.78, 5) is 18.0. The number of aromatic amines is 1. The molecule has 5 rings (SSSR count). The topological polar surface area (TPSA) is 36.1 Å². The molecule has 0 saturated heterocycles. The van der Waals surface area contributed by atoms with Gasteiger partial charge in [0.25, 0.3) is 5.91 Å². The summed E-state index contributed by atoms with van der Waals surface area (Å²) >= 11 is 0. The molecule has 27 heavy (non-hydrogen) atoms. The van der Waals surface area contributed by atoms with Crippen molar-refractivity contribution in [2.24, 2.45) is 0 Å². The van der Waals surface area contributed by atoms with Gasteiger partial charge < -0.3 is 9.88 Å². The Morgan fingerprint density at radius 2 is 1.93 bits per heavy atom. The lowest BCUT2D eigenvalue weighted by atomic mass is 9.98. The molecule has 1 aliphatic carbocycles. The van der Waals surface area contributed by atoms with Crippen molar-refractivity contribution in [1.29, 1.82) is 0 Å². The molecule has 0 atom stereocenters. The van der Waals surface area contributed by atoms with Crippen molar-refractivity contribution in [2.45, 2.75) is 25.7 Å². The van der Waals surface area contributed by atoms with Gasteiger partial charge in [-0.05, 0) is 72.7 Å². The van der Waals surface area contributed by atoms with E-state index < -0.39 is 0 Å². The van der Waals surface area contributed by atoms with Crippen LogP contribution in [0.5, 0.6) is 0 Å². The maximum atomic E-state index is 13.4. The average Bonchev–Trinajstić information content (AvgIpc) is 3.33. The monoisotopic (exact) mass is 360 g/mol. The third-order valence-electron chi connectivity index (χ3n) is 5.83. The van der Waals surface area contributed by atoms with E-state index in [1.165, 1.54) is 35.3 Å². The molecular formula is C23H21FN2O. The summed E-state index contributed by atoms with van der Waals surface area (Å²) in [6.45, 7) is 1.31. The zero-order valence-electron chi connectivity index (χ0n) is 15.1. The van der Waals surface area contributed by atoms with E-state index in [1.807, 2.05) is 23.2 Å². The maximum absolute atomic E-state index is 13.4. The van der Waals surface area contributed by atoms with Crippen molar-refractivity contribution in [1.82, 2.24) is 9.88 Å². The van der Waals surface area contributed by atoms with E-state index in [4.69, 9.17) is 0 Å². The smallest absolute Gasteiger partial charge is 0.254 e. The minimum atomic E-state index is -0.236. The highest BCUT2D eigenvalue weighted by Gasteiger charge is 2.22. The van der Waals surface area contributed by atoms with Crippen molar-refractivity contribution in [3.8, 4) is 0 Å². The molecule has 2 aliphatic rings. The van der Waals surface area contributed by atoms with Gasteiger partial charge in [0.05, 0.1) is 0 Å². The Bertz CT molecular complexity index is 1080.